The lowest BCUT2D eigenvalue weighted by Gasteiger charge is -2.22. The fourth-order valence-corrected chi connectivity index (χ4v) is 3.17. The van der Waals surface area contributed by atoms with Crippen molar-refractivity contribution in [3.05, 3.63) is 28.8 Å². The predicted molar refractivity (Wildman–Crippen MR) is 123 cm³/mol. The SMILES string of the molecule is CC(C)(C)c1cc(C#C[Si](C)(C)C)c(OCCCO)c(C#C[Si](C)(C)C)c1. The summed E-state index contributed by atoms with van der Waals surface area (Å²) in [7, 11) is -3.03. The van der Waals surface area contributed by atoms with Gasteiger partial charge in [0.2, 0.25) is 0 Å². The zero-order valence-corrected chi connectivity index (χ0v) is 20.6. The van der Waals surface area contributed by atoms with Crippen molar-refractivity contribution in [2.24, 2.45) is 0 Å². The number of aliphatic hydroxyl groups excluding tert-OH is 1. The molecule has 0 saturated carbocycles. The van der Waals surface area contributed by atoms with E-state index in [1.165, 1.54) is 5.56 Å². The number of benzene rings is 1. The number of hydrogen-bond donors (Lipinski definition) is 1. The van der Waals surface area contributed by atoms with Gasteiger partial charge in [-0.2, -0.15) is 0 Å². The highest BCUT2D eigenvalue weighted by atomic mass is 28.3. The zero-order chi connectivity index (χ0) is 20.9. The predicted octanol–water partition coefficient (Wildman–Crippen LogP) is 5.20. The monoisotopic (exact) mass is 400 g/mol. The van der Waals surface area contributed by atoms with E-state index in [-0.39, 0.29) is 12.0 Å². The van der Waals surface area contributed by atoms with Crippen LogP contribution in [0.4, 0.5) is 0 Å². The second-order valence-corrected chi connectivity index (χ2v) is 19.6. The molecule has 0 bridgehead atoms. The summed E-state index contributed by atoms with van der Waals surface area (Å²) in [6.07, 6.45) is 0.600. The van der Waals surface area contributed by atoms with Crippen LogP contribution in [-0.2, 0) is 5.41 Å². The zero-order valence-electron chi connectivity index (χ0n) is 18.6. The van der Waals surface area contributed by atoms with Crippen molar-refractivity contribution in [1.29, 1.82) is 0 Å². The average molecular weight is 401 g/mol. The quantitative estimate of drug-likeness (QED) is 0.427. The van der Waals surface area contributed by atoms with Crippen molar-refractivity contribution in [1.82, 2.24) is 0 Å². The summed E-state index contributed by atoms with van der Waals surface area (Å²) in [5.74, 6) is 7.57. The first-order chi connectivity index (χ1) is 12.2. The minimum absolute atomic E-state index is 0.00874. The highest BCUT2D eigenvalue weighted by Crippen LogP contribution is 2.31. The Labute approximate surface area is 168 Å². The summed E-state index contributed by atoms with van der Waals surface area (Å²) in [5.41, 5.74) is 10.0. The maximum atomic E-state index is 9.13. The van der Waals surface area contributed by atoms with Crippen molar-refractivity contribution in [2.75, 3.05) is 13.2 Å². The molecule has 0 fully saturated rings. The first kappa shape index (κ1) is 23.6. The molecule has 0 heterocycles. The fraction of sp³-hybridized carbons (Fsp3) is 0.565. The van der Waals surface area contributed by atoms with E-state index in [9.17, 15) is 0 Å². The van der Waals surface area contributed by atoms with Gasteiger partial charge in [0.25, 0.3) is 0 Å². The average Bonchev–Trinajstić information content (AvgIpc) is 2.49. The highest BCUT2D eigenvalue weighted by molar-refractivity contribution is 6.84. The summed E-state index contributed by atoms with van der Waals surface area (Å²) in [4.78, 5) is 0. The van der Waals surface area contributed by atoms with Crippen LogP contribution in [0.3, 0.4) is 0 Å². The molecule has 4 heteroatoms. The smallest absolute Gasteiger partial charge is 0.150 e. The van der Waals surface area contributed by atoms with Crippen LogP contribution in [0.1, 0.15) is 43.9 Å². The minimum Gasteiger partial charge on any atom is -0.491 e. The second kappa shape index (κ2) is 9.15. The summed E-state index contributed by atoms with van der Waals surface area (Å²) < 4.78 is 6.07. The van der Waals surface area contributed by atoms with Crippen LogP contribution in [0.5, 0.6) is 5.75 Å². The van der Waals surface area contributed by atoms with E-state index in [1.54, 1.807) is 0 Å². The van der Waals surface area contributed by atoms with E-state index in [2.05, 4.69) is 95.1 Å². The molecule has 0 saturated heterocycles. The maximum Gasteiger partial charge on any atom is 0.150 e. The van der Waals surface area contributed by atoms with E-state index in [1.807, 2.05) is 0 Å². The van der Waals surface area contributed by atoms with Gasteiger partial charge >= 0.3 is 0 Å². The van der Waals surface area contributed by atoms with E-state index < -0.39 is 16.1 Å². The number of rotatable bonds is 4. The summed E-state index contributed by atoms with van der Waals surface area (Å²) >= 11 is 0. The molecule has 2 nitrogen and oxygen atoms in total. The molecule has 0 aliphatic heterocycles. The Balaban J connectivity index is 3.66. The Morgan fingerprint density at radius 2 is 1.33 bits per heavy atom. The van der Waals surface area contributed by atoms with Gasteiger partial charge in [0.1, 0.15) is 21.9 Å². The fourth-order valence-electron chi connectivity index (χ4n) is 2.15. The van der Waals surface area contributed by atoms with Gasteiger partial charge in [0, 0.05) is 13.0 Å². The molecule has 0 atom stereocenters. The third kappa shape index (κ3) is 8.84. The maximum absolute atomic E-state index is 9.13. The number of hydrogen-bond acceptors (Lipinski definition) is 2. The molecular formula is C23H36O2Si2. The molecule has 1 N–H and O–H groups in total. The topological polar surface area (TPSA) is 29.5 Å². The van der Waals surface area contributed by atoms with Gasteiger partial charge in [-0.15, -0.1) is 11.1 Å². The standard InChI is InChI=1S/C23H36O2Si2/c1-23(2,3)21-17-19(11-15-26(4,5)6)22(25-14-10-13-24)20(18-21)12-16-27(7,8)9/h17-18,24H,10,13-14H2,1-9H3. The van der Waals surface area contributed by atoms with Gasteiger partial charge in [-0.1, -0.05) is 71.9 Å². The van der Waals surface area contributed by atoms with Crippen molar-refractivity contribution >= 4 is 16.1 Å². The Morgan fingerprint density at radius 1 is 0.889 bits per heavy atom. The van der Waals surface area contributed by atoms with Gasteiger partial charge in [-0.05, 0) is 23.1 Å². The molecule has 0 amide bonds. The van der Waals surface area contributed by atoms with Crippen LogP contribution in [0.15, 0.2) is 12.1 Å². The lowest BCUT2D eigenvalue weighted by molar-refractivity contribution is 0.233. The van der Waals surface area contributed by atoms with Crippen molar-refractivity contribution in [2.45, 2.75) is 71.9 Å². The number of ether oxygens (including phenoxy) is 1. The van der Waals surface area contributed by atoms with Gasteiger partial charge in [0.05, 0.1) is 17.7 Å². The molecule has 0 radical (unpaired) electrons. The van der Waals surface area contributed by atoms with E-state index >= 15 is 0 Å². The molecule has 27 heavy (non-hydrogen) atoms. The van der Waals surface area contributed by atoms with Crippen LogP contribution in [0.25, 0.3) is 0 Å². The third-order valence-electron chi connectivity index (χ3n) is 3.65. The van der Waals surface area contributed by atoms with E-state index in [0.29, 0.717) is 13.0 Å². The molecule has 148 valence electrons. The highest BCUT2D eigenvalue weighted by Gasteiger charge is 2.20. The van der Waals surface area contributed by atoms with Gasteiger partial charge < -0.3 is 9.84 Å². The molecule has 1 aromatic carbocycles. The van der Waals surface area contributed by atoms with Crippen LogP contribution in [-0.4, -0.2) is 34.5 Å². The van der Waals surface area contributed by atoms with Crippen molar-refractivity contribution < 1.29 is 9.84 Å². The van der Waals surface area contributed by atoms with Crippen molar-refractivity contribution in [3.8, 4) is 28.7 Å². The molecule has 1 rings (SSSR count). The Hall–Kier alpha value is -1.47. The molecule has 1 aromatic rings. The summed E-state index contributed by atoms with van der Waals surface area (Å²) in [5, 5.41) is 9.13. The van der Waals surface area contributed by atoms with Crippen LogP contribution in [0, 0.1) is 22.9 Å². The molecule has 0 aromatic heterocycles. The van der Waals surface area contributed by atoms with Crippen LogP contribution in [0.2, 0.25) is 39.3 Å². The normalized spacial score (nSPS) is 11.9. The van der Waals surface area contributed by atoms with Gasteiger partial charge in [-0.25, -0.2) is 0 Å². The Kier molecular flexibility index (Phi) is 7.99. The molecular weight excluding hydrogens is 364 g/mol. The molecule has 0 unspecified atom stereocenters. The molecule has 0 spiro atoms. The van der Waals surface area contributed by atoms with Crippen LogP contribution >= 0.6 is 0 Å². The lowest BCUT2D eigenvalue weighted by atomic mass is 9.85. The Bertz CT molecular complexity index is 715. The van der Waals surface area contributed by atoms with Gasteiger partial charge in [-0.3, -0.25) is 0 Å². The van der Waals surface area contributed by atoms with E-state index in [0.717, 1.165) is 16.9 Å². The first-order valence-corrected chi connectivity index (χ1v) is 16.7. The summed E-state index contributed by atoms with van der Waals surface area (Å²) in [6.45, 7) is 20.7. The second-order valence-electron chi connectivity index (χ2n) is 10.1. The van der Waals surface area contributed by atoms with E-state index in [4.69, 9.17) is 9.84 Å². The summed E-state index contributed by atoms with van der Waals surface area (Å²) in [6, 6.07) is 4.31. The number of aliphatic hydroxyl groups is 1. The minimum atomic E-state index is -1.52. The molecule has 0 aliphatic carbocycles. The molecule has 0 aliphatic rings. The Morgan fingerprint density at radius 3 is 1.67 bits per heavy atom. The van der Waals surface area contributed by atoms with Crippen molar-refractivity contribution in [3.63, 3.8) is 0 Å². The van der Waals surface area contributed by atoms with Crippen LogP contribution < -0.4 is 4.74 Å². The van der Waals surface area contributed by atoms with Gasteiger partial charge in [0.15, 0.2) is 0 Å². The lowest BCUT2D eigenvalue weighted by Crippen LogP contribution is -2.17. The largest absolute Gasteiger partial charge is 0.491 e. The first-order valence-electron chi connectivity index (χ1n) is 9.71. The third-order valence-corrected chi connectivity index (χ3v) is 5.40.